The molecule has 1 atom stereocenters. The van der Waals surface area contributed by atoms with E-state index in [1.807, 2.05) is 32.0 Å². The molecular formula is C17H23NO5. The Bertz CT molecular complexity index is 572. The molecule has 6 heteroatoms. The Morgan fingerprint density at radius 2 is 2.17 bits per heavy atom. The highest BCUT2D eigenvalue weighted by Gasteiger charge is 2.28. The first-order valence-electron chi connectivity index (χ1n) is 7.76. The molecule has 0 aliphatic carbocycles. The third-order valence-electron chi connectivity index (χ3n) is 3.86. The van der Waals surface area contributed by atoms with E-state index in [0.29, 0.717) is 13.2 Å². The molecule has 0 spiro atoms. The number of aryl methyl sites for hydroxylation is 2. The second kappa shape index (κ2) is 7.97. The van der Waals surface area contributed by atoms with Gasteiger partial charge in [-0.3, -0.25) is 9.59 Å². The molecule has 0 saturated carbocycles. The van der Waals surface area contributed by atoms with Crippen LogP contribution in [-0.2, 0) is 14.3 Å². The molecule has 1 aliphatic rings. The molecule has 1 fully saturated rings. The molecule has 126 valence electrons. The van der Waals surface area contributed by atoms with Crippen LogP contribution in [0.3, 0.4) is 0 Å². The molecule has 0 bridgehead atoms. The van der Waals surface area contributed by atoms with Gasteiger partial charge in [0.1, 0.15) is 5.75 Å². The molecule has 1 aromatic rings. The van der Waals surface area contributed by atoms with Crippen molar-refractivity contribution in [3.05, 3.63) is 29.3 Å². The molecule has 1 unspecified atom stereocenters. The van der Waals surface area contributed by atoms with Gasteiger partial charge in [0.25, 0.3) is 0 Å². The number of hydrogen-bond donors (Lipinski definition) is 1. The van der Waals surface area contributed by atoms with Crippen molar-refractivity contribution in [1.29, 1.82) is 0 Å². The summed E-state index contributed by atoms with van der Waals surface area (Å²) in [7, 11) is 0. The third-order valence-corrected chi connectivity index (χ3v) is 3.86. The number of carboxylic acid groups (broad SMARTS) is 1. The SMILES string of the molecule is Cc1ccc(OCCC(=O)N2CCOCC2CC(=O)O)c(C)c1. The molecule has 1 heterocycles. The Hall–Kier alpha value is -2.08. The van der Waals surface area contributed by atoms with Crippen LogP contribution < -0.4 is 4.74 Å². The lowest BCUT2D eigenvalue weighted by atomic mass is 10.1. The number of rotatable bonds is 6. The molecule has 2 rings (SSSR count). The van der Waals surface area contributed by atoms with Crippen molar-refractivity contribution >= 4 is 11.9 Å². The van der Waals surface area contributed by atoms with Gasteiger partial charge in [-0.05, 0) is 25.5 Å². The minimum atomic E-state index is -0.926. The molecule has 1 aliphatic heterocycles. The molecule has 1 amide bonds. The smallest absolute Gasteiger partial charge is 0.305 e. The van der Waals surface area contributed by atoms with E-state index >= 15 is 0 Å². The fraction of sp³-hybridized carbons (Fsp3) is 0.529. The number of hydrogen-bond acceptors (Lipinski definition) is 4. The van der Waals surface area contributed by atoms with Crippen LogP contribution in [0, 0.1) is 13.8 Å². The topological polar surface area (TPSA) is 76.1 Å². The van der Waals surface area contributed by atoms with Gasteiger partial charge in [-0.15, -0.1) is 0 Å². The van der Waals surface area contributed by atoms with Crippen molar-refractivity contribution in [1.82, 2.24) is 4.90 Å². The summed E-state index contributed by atoms with van der Waals surface area (Å²) in [4.78, 5) is 24.8. The van der Waals surface area contributed by atoms with E-state index in [1.165, 1.54) is 0 Å². The van der Waals surface area contributed by atoms with Gasteiger partial charge in [-0.1, -0.05) is 17.7 Å². The summed E-state index contributed by atoms with van der Waals surface area (Å²) in [6.45, 7) is 5.41. The Morgan fingerprint density at radius 3 is 2.87 bits per heavy atom. The standard InChI is InChI=1S/C17H23NO5/c1-12-3-4-15(13(2)9-12)23-7-5-16(19)18-6-8-22-11-14(18)10-17(20)21/h3-4,9,14H,5-8,10-11H2,1-2H3,(H,20,21). The fourth-order valence-corrected chi connectivity index (χ4v) is 2.71. The zero-order valence-electron chi connectivity index (χ0n) is 13.6. The van der Waals surface area contributed by atoms with Crippen molar-refractivity contribution in [3.63, 3.8) is 0 Å². The lowest BCUT2D eigenvalue weighted by Crippen LogP contribution is -2.49. The maximum Gasteiger partial charge on any atom is 0.305 e. The number of carboxylic acids is 1. The second-order valence-electron chi connectivity index (χ2n) is 5.78. The zero-order chi connectivity index (χ0) is 16.8. The number of carbonyl (C=O) groups excluding carboxylic acids is 1. The van der Waals surface area contributed by atoms with Crippen LogP contribution in [0.2, 0.25) is 0 Å². The van der Waals surface area contributed by atoms with Crippen LogP contribution in [0.25, 0.3) is 0 Å². The van der Waals surface area contributed by atoms with E-state index in [9.17, 15) is 9.59 Å². The minimum absolute atomic E-state index is 0.0932. The molecule has 0 aromatic heterocycles. The van der Waals surface area contributed by atoms with Crippen LogP contribution in [0.5, 0.6) is 5.75 Å². The van der Waals surface area contributed by atoms with Gasteiger partial charge in [-0.2, -0.15) is 0 Å². The number of benzene rings is 1. The van der Waals surface area contributed by atoms with Crippen molar-refractivity contribution in [2.45, 2.75) is 32.7 Å². The van der Waals surface area contributed by atoms with Crippen molar-refractivity contribution in [2.75, 3.05) is 26.4 Å². The number of aliphatic carboxylic acids is 1. The first-order chi connectivity index (χ1) is 11.0. The van der Waals surface area contributed by atoms with Crippen molar-refractivity contribution in [2.24, 2.45) is 0 Å². The summed E-state index contributed by atoms with van der Waals surface area (Å²) in [5.74, 6) is -0.249. The van der Waals surface area contributed by atoms with Gasteiger partial charge in [-0.25, -0.2) is 0 Å². The second-order valence-corrected chi connectivity index (χ2v) is 5.78. The quantitative estimate of drug-likeness (QED) is 0.864. The number of carbonyl (C=O) groups is 2. The Morgan fingerprint density at radius 1 is 1.39 bits per heavy atom. The number of ether oxygens (including phenoxy) is 2. The summed E-state index contributed by atoms with van der Waals surface area (Å²) in [6.07, 6.45) is 0.132. The van der Waals surface area contributed by atoms with Gasteiger partial charge in [0, 0.05) is 6.54 Å². The van der Waals surface area contributed by atoms with E-state index in [1.54, 1.807) is 4.90 Å². The van der Waals surface area contributed by atoms with Crippen molar-refractivity contribution in [3.8, 4) is 5.75 Å². The third kappa shape index (κ3) is 4.96. The number of amides is 1. The largest absolute Gasteiger partial charge is 0.493 e. The summed E-state index contributed by atoms with van der Waals surface area (Å²) in [5, 5.41) is 8.92. The van der Waals surface area contributed by atoms with E-state index in [4.69, 9.17) is 14.6 Å². The maximum absolute atomic E-state index is 12.3. The molecule has 1 N–H and O–H groups in total. The predicted octanol–water partition coefficient (Wildman–Crippen LogP) is 1.77. The average Bonchev–Trinajstić information content (AvgIpc) is 2.49. The van der Waals surface area contributed by atoms with Gasteiger partial charge < -0.3 is 19.5 Å². The van der Waals surface area contributed by atoms with Gasteiger partial charge in [0.2, 0.25) is 5.91 Å². The van der Waals surface area contributed by atoms with Crippen molar-refractivity contribution < 1.29 is 24.2 Å². The van der Waals surface area contributed by atoms with Gasteiger partial charge in [0.15, 0.2) is 0 Å². The highest BCUT2D eigenvalue weighted by Crippen LogP contribution is 2.19. The van der Waals surface area contributed by atoms with E-state index < -0.39 is 12.0 Å². The van der Waals surface area contributed by atoms with Gasteiger partial charge >= 0.3 is 5.97 Å². The fourth-order valence-electron chi connectivity index (χ4n) is 2.71. The number of nitrogens with zero attached hydrogens (tertiary/aromatic N) is 1. The summed E-state index contributed by atoms with van der Waals surface area (Å²) >= 11 is 0. The Balaban J connectivity index is 1.86. The highest BCUT2D eigenvalue weighted by atomic mass is 16.5. The normalized spacial score (nSPS) is 17.8. The summed E-state index contributed by atoms with van der Waals surface area (Å²) in [6, 6.07) is 5.50. The lowest BCUT2D eigenvalue weighted by molar-refractivity contribution is -0.146. The minimum Gasteiger partial charge on any atom is -0.493 e. The van der Waals surface area contributed by atoms with Crippen LogP contribution in [0.15, 0.2) is 18.2 Å². The molecule has 6 nitrogen and oxygen atoms in total. The first-order valence-corrected chi connectivity index (χ1v) is 7.76. The molecule has 0 radical (unpaired) electrons. The van der Waals surface area contributed by atoms with Crippen LogP contribution in [0.4, 0.5) is 0 Å². The molecule has 23 heavy (non-hydrogen) atoms. The van der Waals surface area contributed by atoms with E-state index in [-0.39, 0.29) is 32.0 Å². The van der Waals surface area contributed by atoms with Gasteiger partial charge in [0.05, 0.1) is 38.7 Å². The van der Waals surface area contributed by atoms with E-state index in [0.717, 1.165) is 16.9 Å². The highest BCUT2D eigenvalue weighted by molar-refractivity contribution is 5.78. The van der Waals surface area contributed by atoms with Crippen LogP contribution in [-0.4, -0.2) is 54.3 Å². The van der Waals surface area contributed by atoms with Crippen LogP contribution in [0.1, 0.15) is 24.0 Å². The first kappa shape index (κ1) is 17.3. The summed E-state index contributed by atoms with van der Waals surface area (Å²) < 4.78 is 11.0. The Kier molecular flexibility index (Phi) is 5.98. The molecule has 1 aromatic carbocycles. The predicted molar refractivity (Wildman–Crippen MR) is 84.6 cm³/mol. The maximum atomic E-state index is 12.3. The van der Waals surface area contributed by atoms with E-state index in [2.05, 4.69) is 0 Å². The zero-order valence-corrected chi connectivity index (χ0v) is 13.6. The summed E-state index contributed by atoms with van der Waals surface area (Å²) in [5.41, 5.74) is 2.20. The molecular weight excluding hydrogens is 298 g/mol. The lowest BCUT2D eigenvalue weighted by Gasteiger charge is -2.34. The van der Waals surface area contributed by atoms with Crippen LogP contribution >= 0.6 is 0 Å². The molecule has 1 saturated heterocycles. The Labute approximate surface area is 136 Å². The monoisotopic (exact) mass is 321 g/mol. The number of morpholine rings is 1. The average molecular weight is 321 g/mol.